The summed E-state index contributed by atoms with van der Waals surface area (Å²) < 4.78 is 10.7. The minimum Gasteiger partial charge on any atom is -0.487 e. The second-order valence-corrected chi connectivity index (χ2v) is 5.08. The van der Waals surface area contributed by atoms with Crippen LogP contribution in [-0.2, 0) is 11.3 Å². The Morgan fingerprint density at radius 1 is 1.33 bits per heavy atom. The number of carbonyl (C=O) groups is 1. The highest BCUT2D eigenvalue weighted by atomic mass is 32.1. The van der Waals surface area contributed by atoms with Gasteiger partial charge < -0.3 is 9.47 Å². The lowest BCUT2D eigenvalue weighted by atomic mass is 10.2. The van der Waals surface area contributed by atoms with Crippen LogP contribution in [0.2, 0.25) is 0 Å². The number of hydrogen-bond acceptors (Lipinski definition) is 5. The van der Waals surface area contributed by atoms with Crippen LogP contribution >= 0.6 is 11.3 Å². The van der Waals surface area contributed by atoms with Crippen LogP contribution < -0.4 is 4.74 Å². The van der Waals surface area contributed by atoms with Gasteiger partial charge in [0.25, 0.3) is 0 Å². The number of hydrogen-bond donors (Lipinski definition) is 0. The van der Waals surface area contributed by atoms with Gasteiger partial charge in [0.1, 0.15) is 12.4 Å². The minimum absolute atomic E-state index is 0.315. The van der Waals surface area contributed by atoms with Crippen molar-refractivity contribution in [1.29, 1.82) is 0 Å². The van der Waals surface area contributed by atoms with Gasteiger partial charge in [-0.05, 0) is 37.1 Å². The highest BCUT2D eigenvalue weighted by Gasteiger charge is 2.07. The van der Waals surface area contributed by atoms with Gasteiger partial charge in [-0.3, -0.25) is 0 Å². The lowest BCUT2D eigenvalue weighted by Crippen LogP contribution is -2.06. The molecule has 0 spiro atoms. The molecule has 0 aliphatic heterocycles. The van der Waals surface area contributed by atoms with E-state index < -0.39 is 0 Å². The number of aromatic nitrogens is 1. The molecule has 0 unspecified atom stereocenters. The van der Waals surface area contributed by atoms with E-state index in [0.717, 1.165) is 18.5 Å². The molecule has 0 aliphatic rings. The van der Waals surface area contributed by atoms with Gasteiger partial charge in [0.15, 0.2) is 0 Å². The Morgan fingerprint density at radius 2 is 2.14 bits per heavy atom. The first-order chi connectivity index (χ1) is 10.3. The number of esters is 1. The lowest BCUT2D eigenvalue weighted by molar-refractivity contribution is 0.0501. The Bertz CT molecular complexity index is 564. The zero-order valence-corrected chi connectivity index (χ0v) is 12.5. The smallest absolute Gasteiger partial charge is 0.338 e. The summed E-state index contributed by atoms with van der Waals surface area (Å²) in [5, 5.41) is 1.94. The van der Waals surface area contributed by atoms with Crippen molar-refractivity contribution in [2.45, 2.75) is 19.4 Å². The molecule has 0 radical (unpaired) electrons. The zero-order valence-electron chi connectivity index (χ0n) is 11.7. The second-order valence-electron chi connectivity index (χ2n) is 4.36. The van der Waals surface area contributed by atoms with Crippen LogP contribution in [-0.4, -0.2) is 17.6 Å². The minimum atomic E-state index is -0.315. The van der Waals surface area contributed by atoms with Gasteiger partial charge in [-0.1, -0.05) is 6.08 Å². The van der Waals surface area contributed by atoms with Gasteiger partial charge in [0.05, 0.1) is 23.4 Å². The monoisotopic (exact) mass is 303 g/mol. The molecule has 4 nitrogen and oxygen atoms in total. The van der Waals surface area contributed by atoms with Crippen molar-refractivity contribution < 1.29 is 14.3 Å². The molecule has 2 aromatic rings. The van der Waals surface area contributed by atoms with Gasteiger partial charge >= 0.3 is 5.97 Å². The SMILES string of the molecule is C=CCCCOC(=O)c1ccc(OCc2cscn2)cc1. The van der Waals surface area contributed by atoms with Gasteiger partial charge in [0, 0.05) is 5.38 Å². The largest absolute Gasteiger partial charge is 0.487 e. The summed E-state index contributed by atoms with van der Waals surface area (Å²) >= 11 is 1.53. The summed E-state index contributed by atoms with van der Waals surface area (Å²) in [7, 11) is 0. The quantitative estimate of drug-likeness (QED) is 0.422. The maximum atomic E-state index is 11.8. The zero-order chi connectivity index (χ0) is 14.9. The molecule has 1 heterocycles. The van der Waals surface area contributed by atoms with Crippen molar-refractivity contribution in [3.05, 3.63) is 59.1 Å². The molecule has 110 valence electrons. The maximum Gasteiger partial charge on any atom is 0.338 e. The van der Waals surface area contributed by atoms with Crippen LogP contribution in [0.5, 0.6) is 5.75 Å². The van der Waals surface area contributed by atoms with E-state index in [1.54, 1.807) is 29.8 Å². The Hall–Kier alpha value is -2.14. The molecule has 0 atom stereocenters. The second kappa shape index (κ2) is 8.21. The van der Waals surface area contributed by atoms with Gasteiger partial charge in [0.2, 0.25) is 0 Å². The molecule has 1 aromatic heterocycles. The Kier molecular flexibility index (Phi) is 5.97. The number of allylic oxidation sites excluding steroid dienone is 1. The lowest BCUT2D eigenvalue weighted by Gasteiger charge is -2.06. The van der Waals surface area contributed by atoms with Crippen LogP contribution in [0.15, 0.2) is 47.8 Å². The van der Waals surface area contributed by atoms with E-state index in [1.165, 1.54) is 11.3 Å². The van der Waals surface area contributed by atoms with Crippen LogP contribution in [0.4, 0.5) is 0 Å². The van der Waals surface area contributed by atoms with E-state index in [1.807, 2.05) is 11.5 Å². The predicted molar refractivity (Wildman–Crippen MR) is 82.6 cm³/mol. The number of unbranched alkanes of at least 4 members (excludes halogenated alkanes) is 1. The third-order valence-corrected chi connectivity index (χ3v) is 3.38. The van der Waals surface area contributed by atoms with Crippen molar-refractivity contribution in [3.8, 4) is 5.75 Å². The predicted octanol–water partition coefficient (Wildman–Crippen LogP) is 3.85. The number of thiazole rings is 1. The van der Waals surface area contributed by atoms with E-state index in [2.05, 4.69) is 11.6 Å². The van der Waals surface area contributed by atoms with Crippen molar-refractivity contribution in [3.63, 3.8) is 0 Å². The van der Waals surface area contributed by atoms with Gasteiger partial charge in [-0.25, -0.2) is 9.78 Å². The molecule has 0 fully saturated rings. The average Bonchev–Trinajstić information content (AvgIpc) is 3.03. The Morgan fingerprint density at radius 3 is 2.81 bits per heavy atom. The van der Waals surface area contributed by atoms with Crippen molar-refractivity contribution in [2.75, 3.05) is 6.61 Å². The molecule has 2 rings (SSSR count). The van der Waals surface area contributed by atoms with Crippen molar-refractivity contribution in [1.82, 2.24) is 4.98 Å². The summed E-state index contributed by atoms with van der Waals surface area (Å²) in [6.45, 7) is 4.46. The van der Waals surface area contributed by atoms with Crippen molar-refractivity contribution in [2.24, 2.45) is 0 Å². The maximum absolute atomic E-state index is 11.8. The first-order valence-corrected chi connectivity index (χ1v) is 7.62. The van der Waals surface area contributed by atoms with Gasteiger partial charge in [-0.15, -0.1) is 17.9 Å². The molecule has 0 saturated heterocycles. The molecule has 0 amide bonds. The summed E-state index contributed by atoms with van der Waals surface area (Å²) in [5.74, 6) is 0.385. The van der Waals surface area contributed by atoms with E-state index in [-0.39, 0.29) is 5.97 Å². The Labute approximate surface area is 128 Å². The molecular formula is C16H17NO3S. The molecule has 0 N–H and O–H groups in total. The normalized spacial score (nSPS) is 10.1. The first kappa shape index (κ1) is 15.3. The van der Waals surface area contributed by atoms with Crippen molar-refractivity contribution >= 4 is 17.3 Å². The van der Waals surface area contributed by atoms with Crippen LogP contribution in [0.25, 0.3) is 0 Å². The highest BCUT2D eigenvalue weighted by molar-refractivity contribution is 7.07. The fraction of sp³-hybridized carbons (Fsp3) is 0.250. The molecule has 5 heteroatoms. The summed E-state index contributed by atoms with van der Waals surface area (Å²) in [6, 6.07) is 6.91. The average molecular weight is 303 g/mol. The molecule has 0 saturated carbocycles. The molecule has 21 heavy (non-hydrogen) atoms. The third kappa shape index (κ3) is 5.04. The van der Waals surface area contributed by atoms with E-state index >= 15 is 0 Å². The summed E-state index contributed by atoms with van der Waals surface area (Å²) in [5.41, 5.74) is 3.18. The number of ether oxygens (including phenoxy) is 2. The number of rotatable bonds is 8. The number of nitrogens with zero attached hydrogens (tertiary/aromatic N) is 1. The fourth-order valence-corrected chi connectivity index (χ4v) is 2.17. The van der Waals surface area contributed by atoms with Crippen LogP contribution in [0.3, 0.4) is 0 Å². The van der Waals surface area contributed by atoms with Crippen LogP contribution in [0, 0.1) is 0 Å². The van der Waals surface area contributed by atoms with E-state index in [0.29, 0.717) is 24.5 Å². The number of carbonyl (C=O) groups excluding carboxylic acids is 1. The topological polar surface area (TPSA) is 48.4 Å². The number of benzene rings is 1. The van der Waals surface area contributed by atoms with Crippen LogP contribution in [0.1, 0.15) is 28.9 Å². The van der Waals surface area contributed by atoms with E-state index in [4.69, 9.17) is 9.47 Å². The fourth-order valence-electron chi connectivity index (χ4n) is 1.63. The van der Waals surface area contributed by atoms with Gasteiger partial charge in [-0.2, -0.15) is 0 Å². The Balaban J connectivity index is 1.80. The summed E-state index contributed by atoms with van der Waals surface area (Å²) in [4.78, 5) is 15.9. The molecule has 1 aromatic carbocycles. The third-order valence-electron chi connectivity index (χ3n) is 2.75. The summed E-state index contributed by atoms with van der Waals surface area (Å²) in [6.07, 6.45) is 3.45. The molecule has 0 aliphatic carbocycles. The standard InChI is InChI=1S/C16H17NO3S/c1-2-3-4-9-19-16(18)13-5-7-15(8-6-13)20-10-14-11-21-12-17-14/h2,5-8,11-12H,1,3-4,9-10H2. The molecule has 0 bridgehead atoms. The first-order valence-electron chi connectivity index (χ1n) is 6.67. The highest BCUT2D eigenvalue weighted by Crippen LogP contribution is 2.15. The molecular weight excluding hydrogens is 286 g/mol. The van der Waals surface area contributed by atoms with E-state index in [9.17, 15) is 4.79 Å².